The lowest BCUT2D eigenvalue weighted by molar-refractivity contribution is 0.401. The Labute approximate surface area is 124 Å². The van der Waals surface area contributed by atoms with Crippen LogP contribution in [0.2, 0.25) is 0 Å². The lowest BCUT2D eigenvalue weighted by Crippen LogP contribution is -2.27. The molecule has 114 valence electrons. The van der Waals surface area contributed by atoms with Crippen molar-refractivity contribution in [2.24, 2.45) is 0 Å². The number of nitrogens with one attached hydrogen (secondary N) is 1. The van der Waals surface area contributed by atoms with Crippen molar-refractivity contribution >= 4 is 5.69 Å². The van der Waals surface area contributed by atoms with Gasteiger partial charge in [-0.25, -0.2) is 0 Å². The minimum Gasteiger partial charge on any atom is -0.374 e. The van der Waals surface area contributed by atoms with E-state index < -0.39 is 0 Å². The van der Waals surface area contributed by atoms with Gasteiger partial charge in [0, 0.05) is 49.3 Å². The Kier molecular flexibility index (Phi) is 6.96. The molecule has 0 unspecified atom stereocenters. The van der Waals surface area contributed by atoms with Gasteiger partial charge in [0.2, 0.25) is 0 Å². The van der Waals surface area contributed by atoms with E-state index in [1.165, 1.54) is 17.7 Å². The molecule has 0 saturated carbocycles. The van der Waals surface area contributed by atoms with E-state index in [4.69, 9.17) is 0 Å². The summed E-state index contributed by atoms with van der Waals surface area (Å²) in [6.45, 7) is 9.45. The van der Waals surface area contributed by atoms with E-state index in [1.807, 2.05) is 6.20 Å². The molecule has 0 amide bonds. The zero-order valence-corrected chi connectivity index (χ0v) is 13.9. The number of aryl methyl sites for hydroxylation is 1. The molecule has 0 saturated heterocycles. The molecule has 0 radical (unpaired) electrons. The highest BCUT2D eigenvalue weighted by Crippen LogP contribution is 2.20. The summed E-state index contributed by atoms with van der Waals surface area (Å²) in [5, 5.41) is 3.48. The van der Waals surface area contributed by atoms with Crippen LogP contribution in [0.4, 0.5) is 5.69 Å². The van der Waals surface area contributed by atoms with Crippen molar-refractivity contribution in [1.82, 2.24) is 15.2 Å². The van der Waals surface area contributed by atoms with E-state index in [-0.39, 0.29) is 0 Å². The maximum absolute atomic E-state index is 4.43. The van der Waals surface area contributed by atoms with Crippen LogP contribution >= 0.6 is 0 Å². The summed E-state index contributed by atoms with van der Waals surface area (Å²) in [7, 11) is 6.41. The molecular formula is C16H30N4. The number of nitrogens with zero attached hydrogens (tertiary/aromatic N) is 3. The normalized spacial score (nSPS) is 11.4. The molecular weight excluding hydrogens is 248 g/mol. The molecule has 1 N–H and O–H groups in total. The molecule has 4 heteroatoms. The van der Waals surface area contributed by atoms with Gasteiger partial charge in [-0.3, -0.25) is 4.98 Å². The molecule has 1 aromatic heterocycles. The van der Waals surface area contributed by atoms with Gasteiger partial charge in [0.05, 0.1) is 0 Å². The minimum atomic E-state index is 0.489. The van der Waals surface area contributed by atoms with Crippen molar-refractivity contribution in [2.75, 3.05) is 39.1 Å². The van der Waals surface area contributed by atoms with Crippen LogP contribution in [0.15, 0.2) is 12.3 Å². The molecule has 0 spiro atoms. The Hall–Kier alpha value is -1.13. The summed E-state index contributed by atoms with van der Waals surface area (Å²) in [5.74, 6) is 0. The summed E-state index contributed by atoms with van der Waals surface area (Å²) in [5.41, 5.74) is 3.65. The highest BCUT2D eigenvalue weighted by Gasteiger charge is 2.09. The van der Waals surface area contributed by atoms with E-state index in [0.29, 0.717) is 6.04 Å². The molecule has 0 fully saturated rings. The van der Waals surface area contributed by atoms with Crippen LogP contribution in [0, 0.1) is 6.92 Å². The zero-order valence-electron chi connectivity index (χ0n) is 13.9. The largest absolute Gasteiger partial charge is 0.374 e. The molecule has 1 heterocycles. The van der Waals surface area contributed by atoms with Crippen LogP contribution in [0.5, 0.6) is 0 Å². The predicted octanol–water partition coefficient (Wildman–Crippen LogP) is 2.28. The van der Waals surface area contributed by atoms with Gasteiger partial charge in [0.15, 0.2) is 0 Å². The highest BCUT2D eigenvalue weighted by molar-refractivity contribution is 5.53. The first kappa shape index (κ1) is 16.9. The highest BCUT2D eigenvalue weighted by atomic mass is 15.1. The second-order valence-corrected chi connectivity index (χ2v) is 6.07. The lowest BCUT2D eigenvalue weighted by atomic mass is 10.1. The van der Waals surface area contributed by atoms with Gasteiger partial charge in [0.25, 0.3) is 0 Å². The standard InChI is InChI=1S/C16H30N4/c1-13(2)17-11-15-12-18-14(3)10-16(15)20(6)9-7-8-19(4)5/h10,12-13,17H,7-9,11H2,1-6H3. The number of anilines is 1. The van der Waals surface area contributed by atoms with Gasteiger partial charge in [-0.2, -0.15) is 0 Å². The number of hydrogen-bond donors (Lipinski definition) is 1. The Balaban J connectivity index is 2.71. The van der Waals surface area contributed by atoms with E-state index in [9.17, 15) is 0 Å². The van der Waals surface area contributed by atoms with Gasteiger partial charge < -0.3 is 15.1 Å². The second-order valence-electron chi connectivity index (χ2n) is 6.07. The van der Waals surface area contributed by atoms with Gasteiger partial charge in [0.1, 0.15) is 0 Å². The summed E-state index contributed by atoms with van der Waals surface area (Å²) in [6.07, 6.45) is 3.17. The fourth-order valence-corrected chi connectivity index (χ4v) is 2.12. The van der Waals surface area contributed by atoms with Crippen molar-refractivity contribution in [3.8, 4) is 0 Å². The van der Waals surface area contributed by atoms with Gasteiger partial charge in [-0.1, -0.05) is 13.8 Å². The van der Waals surface area contributed by atoms with E-state index in [0.717, 1.165) is 25.3 Å². The van der Waals surface area contributed by atoms with Crippen molar-refractivity contribution < 1.29 is 0 Å². The molecule has 0 bridgehead atoms. The first-order valence-corrected chi connectivity index (χ1v) is 7.45. The Morgan fingerprint density at radius 3 is 2.50 bits per heavy atom. The Morgan fingerprint density at radius 2 is 1.90 bits per heavy atom. The minimum absolute atomic E-state index is 0.489. The van der Waals surface area contributed by atoms with Gasteiger partial charge in [-0.05, 0) is 40.1 Å². The average molecular weight is 278 g/mol. The molecule has 1 aromatic rings. The summed E-state index contributed by atoms with van der Waals surface area (Å²) in [6, 6.07) is 2.68. The number of hydrogen-bond acceptors (Lipinski definition) is 4. The zero-order chi connectivity index (χ0) is 15.1. The SMILES string of the molecule is Cc1cc(N(C)CCCN(C)C)c(CNC(C)C)cn1. The Bertz CT molecular complexity index is 401. The maximum atomic E-state index is 4.43. The third-order valence-electron chi connectivity index (χ3n) is 3.31. The molecule has 0 aliphatic heterocycles. The van der Waals surface area contributed by atoms with E-state index >= 15 is 0 Å². The number of aromatic nitrogens is 1. The van der Waals surface area contributed by atoms with Crippen LogP contribution in [0.3, 0.4) is 0 Å². The van der Waals surface area contributed by atoms with E-state index in [2.05, 4.69) is 68.1 Å². The number of rotatable bonds is 8. The smallest absolute Gasteiger partial charge is 0.0442 e. The molecule has 0 aliphatic rings. The predicted molar refractivity (Wildman–Crippen MR) is 87.4 cm³/mol. The first-order valence-electron chi connectivity index (χ1n) is 7.45. The molecule has 0 aliphatic carbocycles. The van der Waals surface area contributed by atoms with Crippen LogP contribution in [0.25, 0.3) is 0 Å². The van der Waals surface area contributed by atoms with E-state index in [1.54, 1.807) is 0 Å². The Morgan fingerprint density at radius 1 is 1.20 bits per heavy atom. The molecule has 1 rings (SSSR count). The summed E-state index contributed by atoms with van der Waals surface area (Å²) in [4.78, 5) is 9.01. The quantitative estimate of drug-likeness (QED) is 0.790. The van der Waals surface area contributed by atoms with Crippen molar-refractivity contribution in [2.45, 2.75) is 39.8 Å². The van der Waals surface area contributed by atoms with Crippen LogP contribution < -0.4 is 10.2 Å². The third-order valence-corrected chi connectivity index (χ3v) is 3.31. The summed E-state index contributed by atoms with van der Waals surface area (Å²) < 4.78 is 0. The van der Waals surface area contributed by atoms with Crippen LogP contribution in [0.1, 0.15) is 31.5 Å². The number of pyridine rings is 1. The fourth-order valence-electron chi connectivity index (χ4n) is 2.12. The summed E-state index contributed by atoms with van der Waals surface area (Å²) >= 11 is 0. The monoisotopic (exact) mass is 278 g/mol. The second kappa shape index (κ2) is 8.22. The topological polar surface area (TPSA) is 31.4 Å². The van der Waals surface area contributed by atoms with Crippen LogP contribution in [-0.2, 0) is 6.54 Å². The fraction of sp³-hybridized carbons (Fsp3) is 0.688. The van der Waals surface area contributed by atoms with Crippen molar-refractivity contribution in [3.05, 3.63) is 23.5 Å². The molecule has 0 atom stereocenters. The maximum Gasteiger partial charge on any atom is 0.0442 e. The third kappa shape index (κ3) is 5.88. The van der Waals surface area contributed by atoms with Crippen molar-refractivity contribution in [1.29, 1.82) is 0 Å². The molecule has 20 heavy (non-hydrogen) atoms. The van der Waals surface area contributed by atoms with Crippen LogP contribution in [-0.4, -0.2) is 50.2 Å². The lowest BCUT2D eigenvalue weighted by Gasteiger charge is -2.24. The molecule has 0 aromatic carbocycles. The first-order chi connectivity index (χ1) is 9.40. The average Bonchev–Trinajstić information content (AvgIpc) is 2.36. The van der Waals surface area contributed by atoms with Crippen molar-refractivity contribution in [3.63, 3.8) is 0 Å². The van der Waals surface area contributed by atoms with Gasteiger partial charge in [-0.15, -0.1) is 0 Å². The molecule has 4 nitrogen and oxygen atoms in total. The van der Waals surface area contributed by atoms with Gasteiger partial charge >= 0.3 is 0 Å².